The van der Waals surface area contributed by atoms with E-state index in [0.29, 0.717) is 29.8 Å². The summed E-state index contributed by atoms with van der Waals surface area (Å²) >= 11 is 0. The Labute approximate surface area is 156 Å². The van der Waals surface area contributed by atoms with Crippen molar-refractivity contribution in [2.24, 2.45) is 5.92 Å². The van der Waals surface area contributed by atoms with Gasteiger partial charge in [0.2, 0.25) is 0 Å². The van der Waals surface area contributed by atoms with E-state index in [9.17, 15) is 14.4 Å². The molecule has 2 rings (SSSR count). The zero-order chi connectivity index (χ0) is 18.8. The van der Waals surface area contributed by atoms with Crippen molar-refractivity contribution in [3.05, 3.63) is 29.3 Å². The Morgan fingerprint density at radius 3 is 2.04 bits per heavy atom. The average molecular weight is 358 g/mol. The van der Waals surface area contributed by atoms with Crippen LogP contribution in [0.2, 0.25) is 0 Å². The minimum absolute atomic E-state index is 0.313. The summed E-state index contributed by atoms with van der Waals surface area (Å²) in [5.74, 6) is -1.39. The van der Waals surface area contributed by atoms with E-state index in [4.69, 9.17) is 4.74 Å². The van der Waals surface area contributed by atoms with E-state index in [-0.39, 0.29) is 0 Å². The van der Waals surface area contributed by atoms with Gasteiger partial charge in [-0.3, -0.25) is 9.59 Å². The topological polar surface area (TPSA) is 60.4 Å². The standard InChI is InChI=1S/C22H30O4/c1-2-3-4-5-6-7-8-9-10-11-14-26-17-12-13-18-19(15-17)22(25)20(16-23)21(18)24/h12-13,15-16,20H,2-11,14H2,1H3. The molecular weight excluding hydrogens is 328 g/mol. The number of Topliss-reactive ketones (excluding diaryl/α,β-unsaturated/α-hetero) is 2. The molecule has 0 aromatic heterocycles. The maximum atomic E-state index is 12.0. The number of aldehydes is 1. The van der Waals surface area contributed by atoms with Gasteiger partial charge in [0, 0.05) is 11.1 Å². The maximum Gasteiger partial charge on any atom is 0.181 e. The summed E-state index contributed by atoms with van der Waals surface area (Å²) in [6, 6.07) is 4.88. The lowest BCUT2D eigenvalue weighted by Crippen LogP contribution is -2.15. The van der Waals surface area contributed by atoms with Crippen molar-refractivity contribution >= 4 is 17.9 Å². The number of unbranched alkanes of at least 4 members (excludes halogenated alkanes) is 9. The molecule has 26 heavy (non-hydrogen) atoms. The molecule has 4 heteroatoms. The van der Waals surface area contributed by atoms with Crippen molar-refractivity contribution in [2.75, 3.05) is 6.61 Å². The molecule has 0 aliphatic heterocycles. The van der Waals surface area contributed by atoms with Gasteiger partial charge in [0.05, 0.1) is 6.61 Å². The Hall–Kier alpha value is -1.97. The van der Waals surface area contributed by atoms with Crippen molar-refractivity contribution in [1.29, 1.82) is 0 Å². The number of benzene rings is 1. The summed E-state index contributed by atoms with van der Waals surface area (Å²) in [6.45, 7) is 2.85. The van der Waals surface area contributed by atoms with Gasteiger partial charge in [-0.2, -0.15) is 0 Å². The van der Waals surface area contributed by atoms with Gasteiger partial charge in [0.1, 0.15) is 18.0 Å². The molecular formula is C22H30O4. The van der Waals surface area contributed by atoms with Crippen LogP contribution < -0.4 is 4.74 Å². The molecule has 0 fully saturated rings. The van der Waals surface area contributed by atoms with Gasteiger partial charge in [-0.15, -0.1) is 0 Å². The highest BCUT2D eigenvalue weighted by atomic mass is 16.5. The van der Waals surface area contributed by atoms with Crippen LogP contribution in [0.4, 0.5) is 0 Å². The molecule has 1 aromatic rings. The van der Waals surface area contributed by atoms with E-state index in [1.54, 1.807) is 18.2 Å². The van der Waals surface area contributed by atoms with Gasteiger partial charge in [-0.1, -0.05) is 64.7 Å². The highest BCUT2D eigenvalue weighted by Gasteiger charge is 2.38. The number of ether oxygens (including phenoxy) is 1. The molecule has 1 unspecified atom stereocenters. The predicted octanol–water partition coefficient (Wildman–Crippen LogP) is 5.18. The van der Waals surface area contributed by atoms with Crippen LogP contribution in [0.25, 0.3) is 0 Å². The summed E-state index contributed by atoms with van der Waals surface area (Å²) in [5.41, 5.74) is 0.644. The first-order valence-electron chi connectivity index (χ1n) is 9.99. The second-order valence-corrected chi connectivity index (χ2v) is 7.08. The molecule has 0 heterocycles. The molecule has 1 atom stereocenters. The van der Waals surface area contributed by atoms with E-state index in [1.165, 1.54) is 51.4 Å². The fourth-order valence-electron chi connectivity index (χ4n) is 3.39. The molecule has 1 aliphatic rings. The first-order valence-corrected chi connectivity index (χ1v) is 9.99. The number of ketones is 2. The number of fused-ring (bicyclic) bond motifs is 1. The van der Waals surface area contributed by atoms with E-state index in [0.717, 1.165) is 12.8 Å². The minimum atomic E-state index is -1.16. The molecule has 0 radical (unpaired) electrons. The van der Waals surface area contributed by atoms with Crippen LogP contribution in [0.5, 0.6) is 5.75 Å². The predicted molar refractivity (Wildman–Crippen MR) is 102 cm³/mol. The van der Waals surface area contributed by atoms with Gasteiger partial charge in [-0.05, 0) is 24.6 Å². The monoisotopic (exact) mass is 358 g/mol. The van der Waals surface area contributed by atoms with Gasteiger partial charge in [-0.25, -0.2) is 0 Å². The second kappa shape index (κ2) is 10.9. The summed E-state index contributed by atoms with van der Waals surface area (Å²) < 4.78 is 5.70. The van der Waals surface area contributed by atoms with Crippen LogP contribution in [-0.2, 0) is 4.79 Å². The summed E-state index contributed by atoms with van der Waals surface area (Å²) in [6.07, 6.45) is 13.1. The molecule has 142 valence electrons. The fraction of sp³-hybridized carbons (Fsp3) is 0.591. The number of rotatable bonds is 13. The van der Waals surface area contributed by atoms with E-state index >= 15 is 0 Å². The van der Waals surface area contributed by atoms with Crippen LogP contribution >= 0.6 is 0 Å². The van der Waals surface area contributed by atoms with Crippen LogP contribution in [0.15, 0.2) is 18.2 Å². The Bertz CT molecular complexity index is 621. The normalized spacial score (nSPS) is 16.0. The quantitative estimate of drug-likeness (QED) is 0.277. The Morgan fingerprint density at radius 1 is 0.846 bits per heavy atom. The lowest BCUT2D eigenvalue weighted by atomic mass is 10.1. The molecule has 0 spiro atoms. The molecule has 0 amide bonds. The van der Waals surface area contributed by atoms with Gasteiger partial charge in [0.15, 0.2) is 11.6 Å². The SMILES string of the molecule is CCCCCCCCCCCCOc1ccc2c(c1)C(=O)C(C=O)C2=O. The summed E-state index contributed by atoms with van der Waals surface area (Å²) in [5, 5.41) is 0. The van der Waals surface area contributed by atoms with E-state index in [1.807, 2.05) is 0 Å². The third-order valence-electron chi connectivity index (χ3n) is 4.99. The van der Waals surface area contributed by atoms with Gasteiger partial charge < -0.3 is 9.53 Å². The maximum absolute atomic E-state index is 12.0. The molecule has 0 bridgehead atoms. The van der Waals surface area contributed by atoms with E-state index in [2.05, 4.69) is 6.92 Å². The highest BCUT2D eigenvalue weighted by Crippen LogP contribution is 2.29. The Balaban J connectivity index is 1.61. The molecule has 0 saturated carbocycles. The Kier molecular flexibility index (Phi) is 8.52. The molecule has 1 aromatic carbocycles. The minimum Gasteiger partial charge on any atom is -0.494 e. The third kappa shape index (κ3) is 5.52. The van der Waals surface area contributed by atoms with Gasteiger partial charge in [0.25, 0.3) is 0 Å². The summed E-state index contributed by atoms with van der Waals surface area (Å²) in [4.78, 5) is 34.9. The first-order chi connectivity index (χ1) is 12.7. The largest absolute Gasteiger partial charge is 0.494 e. The van der Waals surface area contributed by atoms with Crippen LogP contribution in [0, 0.1) is 5.92 Å². The van der Waals surface area contributed by atoms with Crippen LogP contribution in [0.3, 0.4) is 0 Å². The zero-order valence-electron chi connectivity index (χ0n) is 15.8. The van der Waals surface area contributed by atoms with Crippen molar-refractivity contribution in [1.82, 2.24) is 0 Å². The number of hydrogen-bond acceptors (Lipinski definition) is 4. The second-order valence-electron chi connectivity index (χ2n) is 7.08. The average Bonchev–Trinajstić information content (AvgIpc) is 2.89. The summed E-state index contributed by atoms with van der Waals surface area (Å²) in [7, 11) is 0. The molecule has 1 aliphatic carbocycles. The van der Waals surface area contributed by atoms with Crippen molar-refractivity contribution in [3.8, 4) is 5.75 Å². The zero-order valence-corrected chi connectivity index (χ0v) is 15.8. The molecule has 4 nitrogen and oxygen atoms in total. The number of hydrogen-bond donors (Lipinski definition) is 0. The highest BCUT2D eigenvalue weighted by molar-refractivity contribution is 6.32. The van der Waals surface area contributed by atoms with E-state index < -0.39 is 17.5 Å². The lowest BCUT2D eigenvalue weighted by Gasteiger charge is -2.07. The molecule has 0 saturated heterocycles. The van der Waals surface area contributed by atoms with Crippen molar-refractivity contribution < 1.29 is 19.1 Å². The van der Waals surface area contributed by atoms with Crippen molar-refractivity contribution in [3.63, 3.8) is 0 Å². The van der Waals surface area contributed by atoms with Gasteiger partial charge >= 0.3 is 0 Å². The first kappa shape index (κ1) is 20.3. The third-order valence-corrected chi connectivity index (χ3v) is 4.99. The van der Waals surface area contributed by atoms with Crippen LogP contribution in [0.1, 0.15) is 91.8 Å². The van der Waals surface area contributed by atoms with Crippen molar-refractivity contribution in [2.45, 2.75) is 71.1 Å². The number of carbonyl (C=O) groups excluding carboxylic acids is 3. The molecule has 0 N–H and O–H groups in total. The van der Waals surface area contributed by atoms with Crippen LogP contribution in [-0.4, -0.2) is 24.5 Å². The Morgan fingerprint density at radius 2 is 1.42 bits per heavy atom. The number of carbonyl (C=O) groups is 3. The lowest BCUT2D eigenvalue weighted by molar-refractivity contribution is -0.108. The smallest absolute Gasteiger partial charge is 0.181 e. The fourth-order valence-corrected chi connectivity index (χ4v) is 3.39.